The number of carbonyl (C=O) groups excluding carboxylic acids is 2. The van der Waals surface area contributed by atoms with Crippen molar-refractivity contribution < 1.29 is 19.4 Å². The van der Waals surface area contributed by atoms with Crippen molar-refractivity contribution in [3.8, 4) is 0 Å². The van der Waals surface area contributed by atoms with Gasteiger partial charge in [0, 0.05) is 20.2 Å². The van der Waals surface area contributed by atoms with Crippen LogP contribution in [0.3, 0.4) is 0 Å². The fraction of sp³-hybridized carbons (Fsp3) is 0.833. The summed E-state index contributed by atoms with van der Waals surface area (Å²) in [6.45, 7) is 3.46. The van der Waals surface area contributed by atoms with Crippen LogP contribution in [0.25, 0.3) is 0 Å². The molecule has 110 valence electrons. The summed E-state index contributed by atoms with van der Waals surface area (Å²) in [7, 11) is 1.60. The molecule has 1 rings (SSSR count). The third-order valence-electron chi connectivity index (χ3n) is 2.94. The molecule has 0 aromatic rings. The number of methoxy groups -OCH3 is 1. The summed E-state index contributed by atoms with van der Waals surface area (Å²) in [5, 5.41) is 15.4. The van der Waals surface area contributed by atoms with E-state index in [1.54, 1.807) is 7.11 Å². The zero-order chi connectivity index (χ0) is 14.3. The smallest absolute Gasteiger partial charge is 0.324 e. The van der Waals surface area contributed by atoms with Crippen LogP contribution in [0.4, 0.5) is 4.79 Å². The summed E-state index contributed by atoms with van der Waals surface area (Å²) in [4.78, 5) is 24.6. The van der Waals surface area contributed by atoms with Crippen molar-refractivity contribution >= 4 is 11.9 Å². The summed E-state index contributed by atoms with van der Waals surface area (Å²) in [6.07, 6.45) is 0.682. The predicted octanol–water partition coefficient (Wildman–Crippen LogP) is -0.696. The first-order valence-electron chi connectivity index (χ1n) is 6.59. The molecule has 1 heterocycles. The SMILES string of the molecule is CCCC1NC(=O)N(CC(O)CNCCOC)C1=O. The van der Waals surface area contributed by atoms with Crippen LogP contribution in [0.5, 0.6) is 0 Å². The van der Waals surface area contributed by atoms with Crippen LogP contribution in [0, 0.1) is 0 Å². The first-order valence-corrected chi connectivity index (χ1v) is 6.59. The Bertz CT molecular complexity index is 311. The first kappa shape index (κ1) is 15.9. The van der Waals surface area contributed by atoms with Crippen LogP contribution in [0.1, 0.15) is 19.8 Å². The Labute approximate surface area is 113 Å². The lowest BCUT2D eigenvalue weighted by Crippen LogP contribution is -2.42. The Morgan fingerprint density at radius 3 is 2.89 bits per heavy atom. The Morgan fingerprint density at radius 1 is 1.53 bits per heavy atom. The first-order chi connectivity index (χ1) is 9.10. The predicted molar refractivity (Wildman–Crippen MR) is 69.7 cm³/mol. The quantitative estimate of drug-likeness (QED) is 0.382. The van der Waals surface area contributed by atoms with Crippen molar-refractivity contribution in [1.29, 1.82) is 0 Å². The van der Waals surface area contributed by atoms with Crippen molar-refractivity contribution in [2.45, 2.75) is 31.9 Å². The normalized spacial score (nSPS) is 20.8. The average Bonchev–Trinajstić information content (AvgIpc) is 2.63. The van der Waals surface area contributed by atoms with Crippen LogP contribution in [-0.4, -0.2) is 67.4 Å². The van der Waals surface area contributed by atoms with Gasteiger partial charge < -0.3 is 20.5 Å². The van der Waals surface area contributed by atoms with Gasteiger partial charge in [0.2, 0.25) is 0 Å². The second-order valence-corrected chi connectivity index (χ2v) is 4.59. The van der Waals surface area contributed by atoms with E-state index in [1.807, 2.05) is 6.92 Å². The van der Waals surface area contributed by atoms with Crippen molar-refractivity contribution in [3.63, 3.8) is 0 Å². The van der Waals surface area contributed by atoms with E-state index in [1.165, 1.54) is 0 Å². The Kier molecular flexibility index (Phi) is 6.75. The van der Waals surface area contributed by atoms with E-state index in [9.17, 15) is 14.7 Å². The number of nitrogens with one attached hydrogen (secondary N) is 2. The number of urea groups is 1. The largest absolute Gasteiger partial charge is 0.390 e. The second-order valence-electron chi connectivity index (χ2n) is 4.59. The number of carbonyl (C=O) groups is 2. The van der Waals surface area contributed by atoms with Gasteiger partial charge in [0.05, 0.1) is 19.3 Å². The highest BCUT2D eigenvalue weighted by molar-refractivity contribution is 6.04. The van der Waals surface area contributed by atoms with Gasteiger partial charge >= 0.3 is 6.03 Å². The minimum Gasteiger partial charge on any atom is -0.390 e. The molecule has 3 N–H and O–H groups in total. The number of aliphatic hydroxyl groups is 1. The highest BCUT2D eigenvalue weighted by Gasteiger charge is 2.37. The molecular weight excluding hydrogens is 250 g/mol. The minimum atomic E-state index is -0.771. The number of nitrogens with zero attached hydrogens (tertiary/aromatic N) is 1. The van der Waals surface area contributed by atoms with E-state index < -0.39 is 18.2 Å². The Morgan fingerprint density at radius 2 is 2.26 bits per heavy atom. The van der Waals surface area contributed by atoms with E-state index in [0.29, 0.717) is 26.1 Å². The van der Waals surface area contributed by atoms with Crippen LogP contribution in [-0.2, 0) is 9.53 Å². The van der Waals surface area contributed by atoms with Gasteiger partial charge in [-0.1, -0.05) is 13.3 Å². The zero-order valence-corrected chi connectivity index (χ0v) is 11.5. The number of aliphatic hydroxyl groups excluding tert-OH is 1. The maximum Gasteiger partial charge on any atom is 0.324 e. The molecule has 0 bridgehead atoms. The zero-order valence-electron chi connectivity index (χ0n) is 11.5. The van der Waals surface area contributed by atoms with Crippen LogP contribution in [0.15, 0.2) is 0 Å². The van der Waals surface area contributed by atoms with Gasteiger partial charge in [-0.3, -0.25) is 9.69 Å². The van der Waals surface area contributed by atoms with Gasteiger partial charge in [0.15, 0.2) is 0 Å². The number of amides is 3. The summed E-state index contributed by atoms with van der Waals surface area (Å²) < 4.78 is 4.86. The van der Waals surface area contributed by atoms with Crippen LogP contribution < -0.4 is 10.6 Å². The number of ether oxygens (including phenoxy) is 1. The van der Waals surface area contributed by atoms with Gasteiger partial charge in [-0.15, -0.1) is 0 Å². The molecule has 0 aromatic carbocycles. The summed E-state index contributed by atoms with van der Waals surface area (Å²) >= 11 is 0. The average molecular weight is 273 g/mol. The number of imide groups is 1. The molecule has 0 radical (unpaired) electrons. The monoisotopic (exact) mass is 273 g/mol. The Balaban J connectivity index is 2.35. The van der Waals surface area contributed by atoms with Crippen molar-refractivity contribution in [2.75, 3.05) is 33.4 Å². The van der Waals surface area contributed by atoms with Crippen molar-refractivity contribution in [1.82, 2.24) is 15.5 Å². The molecule has 2 atom stereocenters. The molecule has 1 aliphatic heterocycles. The molecule has 7 nitrogen and oxygen atoms in total. The van der Waals surface area contributed by atoms with E-state index in [-0.39, 0.29) is 12.5 Å². The highest BCUT2D eigenvalue weighted by Crippen LogP contribution is 2.11. The van der Waals surface area contributed by atoms with Crippen LogP contribution >= 0.6 is 0 Å². The molecule has 1 fully saturated rings. The molecule has 2 unspecified atom stereocenters. The molecular formula is C12H23N3O4. The molecule has 0 aromatic heterocycles. The number of β-amino-alcohol motifs (C(OH)–C–C–N with tert-alkyl or cyclic N) is 1. The summed E-state index contributed by atoms with van der Waals surface area (Å²) in [5.41, 5.74) is 0. The molecule has 0 spiro atoms. The molecule has 3 amide bonds. The molecule has 0 saturated carbocycles. The summed E-state index contributed by atoms with van der Waals surface area (Å²) in [5.74, 6) is -0.247. The van der Waals surface area contributed by atoms with Gasteiger partial charge in [0.1, 0.15) is 6.04 Å². The number of hydrogen-bond donors (Lipinski definition) is 3. The fourth-order valence-corrected chi connectivity index (χ4v) is 1.95. The van der Waals surface area contributed by atoms with Gasteiger partial charge in [-0.25, -0.2) is 4.79 Å². The van der Waals surface area contributed by atoms with Crippen LogP contribution in [0.2, 0.25) is 0 Å². The summed E-state index contributed by atoms with van der Waals surface area (Å²) in [6, 6.07) is -0.856. The molecule has 1 saturated heterocycles. The number of rotatable bonds is 9. The Hall–Kier alpha value is -1.18. The third-order valence-corrected chi connectivity index (χ3v) is 2.94. The van der Waals surface area contributed by atoms with E-state index in [2.05, 4.69) is 10.6 Å². The van der Waals surface area contributed by atoms with Crippen molar-refractivity contribution in [2.24, 2.45) is 0 Å². The highest BCUT2D eigenvalue weighted by atomic mass is 16.5. The topological polar surface area (TPSA) is 90.9 Å². The third kappa shape index (κ3) is 4.77. The molecule has 0 aliphatic carbocycles. The van der Waals surface area contributed by atoms with E-state index in [4.69, 9.17) is 4.74 Å². The second kappa shape index (κ2) is 8.08. The molecule has 1 aliphatic rings. The lowest BCUT2D eigenvalue weighted by Gasteiger charge is -2.18. The lowest BCUT2D eigenvalue weighted by atomic mass is 10.1. The van der Waals surface area contributed by atoms with Crippen molar-refractivity contribution in [3.05, 3.63) is 0 Å². The standard InChI is InChI=1S/C12H23N3O4/c1-3-4-10-11(17)15(12(18)14-10)8-9(16)7-13-5-6-19-2/h9-10,13,16H,3-8H2,1-2H3,(H,14,18). The maximum absolute atomic E-state index is 11.9. The molecule has 7 heteroatoms. The van der Waals surface area contributed by atoms with E-state index >= 15 is 0 Å². The maximum atomic E-state index is 11.9. The lowest BCUT2D eigenvalue weighted by molar-refractivity contribution is -0.128. The number of hydrogen-bond acceptors (Lipinski definition) is 5. The van der Waals surface area contributed by atoms with Gasteiger partial charge in [-0.05, 0) is 6.42 Å². The molecule has 19 heavy (non-hydrogen) atoms. The van der Waals surface area contributed by atoms with Gasteiger partial charge in [-0.2, -0.15) is 0 Å². The van der Waals surface area contributed by atoms with Gasteiger partial charge in [0.25, 0.3) is 5.91 Å². The van der Waals surface area contributed by atoms with E-state index in [0.717, 1.165) is 11.3 Å². The fourth-order valence-electron chi connectivity index (χ4n) is 1.95. The minimum absolute atomic E-state index is 0.0187.